The van der Waals surface area contributed by atoms with Crippen molar-refractivity contribution in [2.75, 3.05) is 31.2 Å². The number of H-pyrrole nitrogens is 1. The lowest BCUT2D eigenvalue weighted by Gasteiger charge is -2.26. The molecule has 3 aromatic rings. The molecule has 0 radical (unpaired) electrons. The smallest absolute Gasteiger partial charge is 0.185 e. The van der Waals surface area contributed by atoms with Crippen molar-refractivity contribution in [2.45, 2.75) is 13.3 Å². The van der Waals surface area contributed by atoms with Gasteiger partial charge < -0.3 is 9.64 Å². The fraction of sp³-hybridized carbons (Fsp3) is 0.375. The topological polar surface area (TPSA) is 79.8 Å². The molecule has 0 spiro atoms. The molecule has 0 unspecified atom stereocenters. The minimum Gasteiger partial charge on any atom is -0.378 e. The van der Waals surface area contributed by atoms with Gasteiger partial charge in [-0.05, 0) is 29.5 Å². The lowest BCUT2D eigenvalue weighted by molar-refractivity contribution is 0.122. The fourth-order valence-electron chi connectivity index (χ4n) is 2.31. The number of benzene rings is 1. The van der Waals surface area contributed by atoms with E-state index in [-0.39, 0.29) is 0 Å². The average molecular weight is 413 g/mol. The van der Waals surface area contributed by atoms with E-state index in [1.165, 1.54) is 4.88 Å². The van der Waals surface area contributed by atoms with E-state index in [0.717, 1.165) is 43.0 Å². The van der Waals surface area contributed by atoms with Gasteiger partial charge in [0.05, 0.1) is 29.0 Å². The predicted molar refractivity (Wildman–Crippen MR) is 103 cm³/mol. The van der Waals surface area contributed by atoms with E-state index in [4.69, 9.17) is 27.9 Å². The molecule has 1 aliphatic rings. The van der Waals surface area contributed by atoms with Crippen LogP contribution in [0.25, 0.3) is 0 Å². The summed E-state index contributed by atoms with van der Waals surface area (Å²) in [6.45, 7) is 5.41. The number of nitrogens with one attached hydrogen (secondary N) is 1. The number of halogens is 2. The van der Waals surface area contributed by atoms with E-state index < -0.39 is 0 Å². The first kappa shape index (κ1) is 19.0. The maximum atomic E-state index is 5.58. The van der Waals surface area contributed by atoms with E-state index in [1.54, 1.807) is 23.5 Å². The van der Waals surface area contributed by atoms with Crippen molar-refractivity contribution in [1.29, 1.82) is 0 Å². The highest BCUT2D eigenvalue weighted by Gasteiger charge is 2.17. The van der Waals surface area contributed by atoms with Gasteiger partial charge in [0.1, 0.15) is 0 Å². The van der Waals surface area contributed by atoms with Crippen LogP contribution >= 0.6 is 34.5 Å². The molecule has 0 amide bonds. The second-order valence-electron chi connectivity index (χ2n) is 5.54. The predicted octanol–water partition coefficient (Wildman–Crippen LogP) is 3.39. The number of hydrogen-bond acceptors (Lipinski definition) is 7. The molecule has 0 saturated carbocycles. The minimum absolute atomic E-state index is 0.606. The quantitative estimate of drug-likeness (QED) is 0.709. The summed E-state index contributed by atoms with van der Waals surface area (Å²) in [5.74, 6) is 0.773. The molecule has 1 aliphatic heterocycles. The average Bonchev–Trinajstić information content (AvgIpc) is 3.30. The van der Waals surface area contributed by atoms with Crippen LogP contribution in [-0.2, 0) is 11.2 Å². The number of hydrogen-bond donors (Lipinski definition) is 1. The molecule has 3 heterocycles. The molecule has 4 rings (SSSR count). The van der Waals surface area contributed by atoms with Crippen LogP contribution in [-0.4, -0.2) is 51.9 Å². The maximum absolute atomic E-state index is 5.58. The van der Waals surface area contributed by atoms with Gasteiger partial charge in [-0.1, -0.05) is 35.3 Å². The molecule has 1 N–H and O–H groups in total. The normalized spacial score (nSPS) is 14.0. The molecule has 0 aliphatic carbocycles. The number of morpholine rings is 1. The van der Waals surface area contributed by atoms with E-state index in [1.807, 2.05) is 19.1 Å². The maximum Gasteiger partial charge on any atom is 0.185 e. The lowest BCUT2D eigenvalue weighted by atomic mass is 10.3. The molecule has 7 nitrogen and oxygen atoms in total. The number of rotatable bonds is 3. The van der Waals surface area contributed by atoms with Gasteiger partial charge in [0.2, 0.25) is 0 Å². The monoisotopic (exact) mass is 412 g/mol. The largest absolute Gasteiger partial charge is 0.378 e. The Kier molecular flexibility index (Phi) is 6.79. The molecule has 1 saturated heterocycles. The minimum atomic E-state index is 0.606. The summed E-state index contributed by atoms with van der Waals surface area (Å²) in [5.41, 5.74) is 1.05. The van der Waals surface area contributed by atoms with Gasteiger partial charge in [-0.2, -0.15) is 0 Å². The number of anilines is 1. The number of aromatic amines is 1. The van der Waals surface area contributed by atoms with Gasteiger partial charge in [-0.25, -0.2) is 10.1 Å². The SMILES string of the molecule is Cc1nc(N2CCOCC2)sc1Cc1nnn[nH]1.Clc1ccccc1Cl. The highest BCUT2D eigenvalue weighted by atomic mass is 35.5. The first-order chi connectivity index (χ1) is 12.6. The molecule has 138 valence electrons. The third-order valence-corrected chi connectivity index (χ3v) is 5.68. The van der Waals surface area contributed by atoms with E-state index in [2.05, 4.69) is 30.5 Å². The zero-order chi connectivity index (χ0) is 18.4. The number of thiazole rings is 1. The molecular weight excluding hydrogens is 395 g/mol. The Morgan fingerprint density at radius 3 is 2.46 bits per heavy atom. The summed E-state index contributed by atoms with van der Waals surface area (Å²) in [6, 6.07) is 7.19. The molecule has 10 heteroatoms. The van der Waals surface area contributed by atoms with Gasteiger partial charge in [-0.15, -0.1) is 16.4 Å². The number of nitrogens with zero attached hydrogens (tertiary/aromatic N) is 5. The second-order valence-corrected chi connectivity index (χ2v) is 7.42. The highest BCUT2D eigenvalue weighted by Crippen LogP contribution is 2.27. The Balaban J connectivity index is 0.000000206. The van der Waals surface area contributed by atoms with Crippen molar-refractivity contribution >= 4 is 39.7 Å². The third-order valence-electron chi connectivity index (χ3n) is 3.70. The molecular formula is C16H18Cl2N6OS. The van der Waals surface area contributed by atoms with Crippen molar-refractivity contribution in [3.63, 3.8) is 0 Å². The third kappa shape index (κ3) is 5.14. The Bertz CT molecular complexity index is 799. The Morgan fingerprint density at radius 2 is 1.88 bits per heavy atom. The van der Waals surface area contributed by atoms with E-state index in [9.17, 15) is 0 Å². The zero-order valence-corrected chi connectivity index (χ0v) is 16.5. The van der Waals surface area contributed by atoms with E-state index in [0.29, 0.717) is 16.5 Å². The van der Waals surface area contributed by atoms with Crippen LogP contribution in [0, 0.1) is 6.92 Å². The van der Waals surface area contributed by atoms with Crippen LogP contribution in [0.15, 0.2) is 24.3 Å². The molecule has 26 heavy (non-hydrogen) atoms. The van der Waals surface area contributed by atoms with Gasteiger partial charge in [0, 0.05) is 24.4 Å². The molecule has 1 aromatic carbocycles. The molecule has 0 atom stereocenters. The highest BCUT2D eigenvalue weighted by molar-refractivity contribution is 7.15. The first-order valence-electron chi connectivity index (χ1n) is 8.05. The number of aromatic nitrogens is 5. The summed E-state index contributed by atoms with van der Waals surface area (Å²) >= 11 is 12.9. The Hall–Kier alpha value is -1.74. The molecule has 0 bridgehead atoms. The van der Waals surface area contributed by atoms with Crippen molar-refractivity contribution in [3.05, 3.63) is 50.7 Å². The van der Waals surface area contributed by atoms with Gasteiger partial charge >= 0.3 is 0 Å². The second kappa shape index (κ2) is 9.27. The van der Waals surface area contributed by atoms with Crippen molar-refractivity contribution in [1.82, 2.24) is 25.6 Å². The van der Waals surface area contributed by atoms with Crippen LogP contribution in [0.1, 0.15) is 16.4 Å². The van der Waals surface area contributed by atoms with Gasteiger partial charge in [0.25, 0.3) is 0 Å². The van der Waals surface area contributed by atoms with Crippen LogP contribution < -0.4 is 4.90 Å². The number of aryl methyl sites for hydroxylation is 1. The summed E-state index contributed by atoms with van der Waals surface area (Å²) in [7, 11) is 0. The molecule has 2 aromatic heterocycles. The standard InChI is InChI=1S/C10H14N6OS.C6H4Cl2/c1-7-8(6-9-12-14-15-13-9)18-10(11-7)16-2-4-17-5-3-16;7-5-3-1-2-4-6(5)8/h2-6H2,1H3,(H,12,13,14,15);1-4H. The van der Waals surface area contributed by atoms with Crippen LogP contribution in [0.5, 0.6) is 0 Å². The van der Waals surface area contributed by atoms with Gasteiger partial charge in [-0.3, -0.25) is 0 Å². The van der Waals surface area contributed by atoms with Gasteiger partial charge in [0.15, 0.2) is 11.0 Å². The van der Waals surface area contributed by atoms with Crippen molar-refractivity contribution < 1.29 is 4.74 Å². The molecule has 1 fully saturated rings. The van der Waals surface area contributed by atoms with Crippen LogP contribution in [0.4, 0.5) is 5.13 Å². The first-order valence-corrected chi connectivity index (χ1v) is 9.62. The summed E-state index contributed by atoms with van der Waals surface area (Å²) in [6.07, 6.45) is 0.709. The van der Waals surface area contributed by atoms with Crippen LogP contribution in [0.2, 0.25) is 10.0 Å². The fourth-order valence-corrected chi connectivity index (χ4v) is 3.70. The van der Waals surface area contributed by atoms with Crippen LogP contribution in [0.3, 0.4) is 0 Å². The zero-order valence-electron chi connectivity index (χ0n) is 14.2. The Labute approximate surface area is 165 Å². The number of tetrazole rings is 1. The summed E-state index contributed by atoms with van der Waals surface area (Å²) in [5, 5.41) is 16.1. The van der Waals surface area contributed by atoms with Crippen molar-refractivity contribution in [2.24, 2.45) is 0 Å². The summed E-state index contributed by atoms with van der Waals surface area (Å²) in [4.78, 5) is 8.09. The number of ether oxygens (including phenoxy) is 1. The van der Waals surface area contributed by atoms with Crippen molar-refractivity contribution in [3.8, 4) is 0 Å². The lowest BCUT2D eigenvalue weighted by Crippen LogP contribution is -2.36. The van der Waals surface area contributed by atoms with E-state index >= 15 is 0 Å². The Morgan fingerprint density at radius 1 is 1.19 bits per heavy atom. The summed E-state index contributed by atoms with van der Waals surface area (Å²) < 4.78 is 5.35.